The van der Waals surface area contributed by atoms with E-state index in [0.717, 1.165) is 17.4 Å². The highest BCUT2D eigenvalue weighted by atomic mass is 16.5. The molecule has 2 aromatic heterocycles. The van der Waals surface area contributed by atoms with Gasteiger partial charge in [-0.3, -0.25) is 14.6 Å². The van der Waals surface area contributed by atoms with E-state index in [1.807, 2.05) is 37.3 Å². The molecule has 0 radical (unpaired) electrons. The Bertz CT molecular complexity index is 1760. The molecule has 0 aliphatic heterocycles. The van der Waals surface area contributed by atoms with Gasteiger partial charge in [0.25, 0.3) is 11.5 Å². The van der Waals surface area contributed by atoms with E-state index < -0.39 is 5.91 Å². The summed E-state index contributed by atoms with van der Waals surface area (Å²) < 4.78 is 18.2. The molecule has 0 unspecified atom stereocenters. The number of amides is 1. The van der Waals surface area contributed by atoms with Gasteiger partial charge in [-0.05, 0) is 66.9 Å². The maximum Gasteiger partial charge on any atom is 0.276 e. The minimum Gasteiger partial charge on any atom is -0.493 e. The van der Waals surface area contributed by atoms with Crippen LogP contribution >= 0.6 is 0 Å². The number of aromatic nitrogens is 3. The number of hydrogen-bond donors (Lipinski definition) is 1. The maximum atomic E-state index is 13.2. The van der Waals surface area contributed by atoms with Crippen LogP contribution in [0.4, 0.5) is 5.69 Å². The van der Waals surface area contributed by atoms with Crippen LogP contribution in [0, 0.1) is 6.92 Å². The van der Waals surface area contributed by atoms with E-state index in [4.69, 9.17) is 14.2 Å². The zero-order valence-electron chi connectivity index (χ0n) is 22.6. The summed E-state index contributed by atoms with van der Waals surface area (Å²) in [5.74, 6) is 1.89. The second-order valence-corrected chi connectivity index (χ2v) is 9.02. The van der Waals surface area contributed by atoms with Gasteiger partial charge in [0.2, 0.25) is 0 Å². The molecule has 40 heavy (non-hydrogen) atoms. The summed E-state index contributed by atoms with van der Waals surface area (Å²) in [4.78, 5) is 30.3. The van der Waals surface area contributed by atoms with Gasteiger partial charge in [0.05, 0.1) is 25.4 Å². The Labute approximate surface area is 231 Å². The van der Waals surface area contributed by atoms with Crippen LogP contribution in [-0.4, -0.2) is 34.9 Å². The van der Waals surface area contributed by atoms with Gasteiger partial charge in [-0.2, -0.15) is 9.78 Å². The molecule has 0 bridgehead atoms. The summed E-state index contributed by atoms with van der Waals surface area (Å²) in [7, 11) is 3.15. The first kappa shape index (κ1) is 26.4. The van der Waals surface area contributed by atoms with Crippen LogP contribution in [0.15, 0.2) is 83.8 Å². The topological polar surface area (TPSA) is 105 Å². The SMILES string of the molecule is CCc1ccccc1-n1nc(C(=O)Nc2ccc(Oc3ccnc4cc(OC)c(OC)cc34)cc2)c(C)cc1=O. The third-order valence-electron chi connectivity index (χ3n) is 6.48. The second kappa shape index (κ2) is 11.3. The van der Waals surface area contributed by atoms with Crippen molar-refractivity contribution in [3.05, 3.63) is 106 Å². The van der Waals surface area contributed by atoms with Gasteiger partial charge in [-0.25, -0.2) is 0 Å². The van der Waals surface area contributed by atoms with Crippen LogP contribution in [-0.2, 0) is 6.42 Å². The van der Waals surface area contributed by atoms with Crippen molar-refractivity contribution in [3.8, 4) is 28.7 Å². The fraction of sp³-hybridized carbons (Fsp3) is 0.161. The van der Waals surface area contributed by atoms with Crippen LogP contribution in [0.2, 0.25) is 0 Å². The second-order valence-electron chi connectivity index (χ2n) is 9.02. The van der Waals surface area contributed by atoms with E-state index in [2.05, 4.69) is 15.4 Å². The van der Waals surface area contributed by atoms with Crippen LogP contribution in [0.1, 0.15) is 28.5 Å². The highest BCUT2D eigenvalue weighted by molar-refractivity contribution is 6.03. The van der Waals surface area contributed by atoms with Crippen molar-refractivity contribution in [3.63, 3.8) is 0 Å². The number of benzene rings is 3. The molecule has 2 heterocycles. The third-order valence-corrected chi connectivity index (χ3v) is 6.48. The molecule has 202 valence electrons. The minimum absolute atomic E-state index is 0.165. The molecule has 0 saturated heterocycles. The van der Waals surface area contributed by atoms with E-state index in [1.165, 1.54) is 10.7 Å². The average molecular weight is 537 g/mol. The lowest BCUT2D eigenvalue weighted by Crippen LogP contribution is -2.27. The van der Waals surface area contributed by atoms with Gasteiger partial charge in [-0.1, -0.05) is 25.1 Å². The summed E-state index contributed by atoms with van der Waals surface area (Å²) in [6.07, 6.45) is 2.39. The first-order chi connectivity index (χ1) is 19.4. The molecule has 9 heteroatoms. The van der Waals surface area contributed by atoms with Crippen LogP contribution < -0.4 is 25.1 Å². The van der Waals surface area contributed by atoms with Gasteiger partial charge >= 0.3 is 0 Å². The Morgan fingerprint density at radius 2 is 1.65 bits per heavy atom. The number of rotatable bonds is 8. The number of pyridine rings is 1. The fourth-order valence-corrected chi connectivity index (χ4v) is 4.42. The summed E-state index contributed by atoms with van der Waals surface area (Å²) in [5, 5.41) is 8.04. The highest BCUT2D eigenvalue weighted by Gasteiger charge is 2.17. The molecule has 0 saturated carbocycles. The number of fused-ring (bicyclic) bond motifs is 1. The number of aryl methyl sites for hydroxylation is 2. The lowest BCUT2D eigenvalue weighted by Gasteiger charge is -2.13. The van der Waals surface area contributed by atoms with Crippen molar-refractivity contribution in [2.75, 3.05) is 19.5 Å². The molecule has 5 aromatic rings. The molecule has 1 N–H and O–H groups in total. The number of carbonyl (C=O) groups is 1. The quantitative estimate of drug-likeness (QED) is 0.271. The van der Waals surface area contributed by atoms with Crippen molar-refractivity contribution in [2.45, 2.75) is 20.3 Å². The maximum absolute atomic E-state index is 13.2. The summed E-state index contributed by atoms with van der Waals surface area (Å²) in [6.45, 7) is 3.70. The van der Waals surface area contributed by atoms with E-state index >= 15 is 0 Å². The van der Waals surface area contributed by atoms with Gasteiger partial charge < -0.3 is 19.5 Å². The van der Waals surface area contributed by atoms with E-state index in [0.29, 0.717) is 45.5 Å². The Morgan fingerprint density at radius 3 is 2.38 bits per heavy atom. The number of methoxy groups -OCH3 is 2. The molecule has 5 rings (SSSR count). The number of hydrogen-bond acceptors (Lipinski definition) is 7. The molecule has 3 aromatic carbocycles. The molecule has 0 atom stereocenters. The number of carbonyl (C=O) groups excluding carboxylic acids is 1. The smallest absolute Gasteiger partial charge is 0.276 e. The predicted octanol–water partition coefficient (Wildman–Crippen LogP) is 5.71. The zero-order chi connectivity index (χ0) is 28.2. The standard InChI is InChI=1S/C31H28N4O5/c1-5-20-8-6-7-9-25(20)35-29(36)16-19(2)30(34-35)31(37)33-21-10-12-22(13-11-21)40-26-14-15-32-24-18-28(39-4)27(38-3)17-23(24)26/h6-18H,5H2,1-4H3,(H,33,37). The Balaban J connectivity index is 1.37. The number of nitrogens with zero attached hydrogens (tertiary/aromatic N) is 3. The molecule has 0 spiro atoms. The largest absolute Gasteiger partial charge is 0.493 e. The number of anilines is 1. The van der Waals surface area contributed by atoms with E-state index in [-0.39, 0.29) is 11.3 Å². The van der Waals surface area contributed by atoms with Gasteiger partial charge in [0.1, 0.15) is 11.5 Å². The number of nitrogens with one attached hydrogen (secondary N) is 1. The van der Waals surface area contributed by atoms with Crippen molar-refractivity contribution < 1.29 is 19.0 Å². The molecular weight excluding hydrogens is 508 g/mol. The van der Waals surface area contributed by atoms with Crippen molar-refractivity contribution in [2.24, 2.45) is 0 Å². The van der Waals surface area contributed by atoms with Crippen LogP contribution in [0.5, 0.6) is 23.0 Å². The van der Waals surface area contributed by atoms with Crippen molar-refractivity contribution in [1.29, 1.82) is 0 Å². The van der Waals surface area contributed by atoms with E-state index in [9.17, 15) is 9.59 Å². The Hall–Kier alpha value is -5.18. The lowest BCUT2D eigenvalue weighted by molar-refractivity contribution is 0.102. The van der Waals surface area contributed by atoms with Gasteiger partial charge in [-0.15, -0.1) is 0 Å². The molecule has 0 aliphatic rings. The normalized spacial score (nSPS) is 10.8. The molecule has 0 aliphatic carbocycles. The molecule has 0 fully saturated rings. The Morgan fingerprint density at radius 1 is 0.925 bits per heavy atom. The summed E-state index contributed by atoms with van der Waals surface area (Å²) >= 11 is 0. The highest BCUT2D eigenvalue weighted by Crippen LogP contribution is 2.37. The molecule has 1 amide bonds. The van der Waals surface area contributed by atoms with Crippen molar-refractivity contribution >= 4 is 22.5 Å². The van der Waals surface area contributed by atoms with E-state index in [1.54, 1.807) is 63.7 Å². The fourth-order valence-electron chi connectivity index (χ4n) is 4.42. The third kappa shape index (κ3) is 5.22. The number of ether oxygens (including phenoxy) is 3. The van der Waals surface area contributed by atoms with Crippen LogP contribution in [0.3, 0.4) is 0 Å². The minimum atomic E-state index is -0.421. The zero-order valence-corrected chi connectivity index (χ0v) is 22.6. The molecular formula is C31H28N4O5. The van der Waals surface area contributed by atoms with Crippen LogP contribution in [0.25, 0.3) is 16.6 Å². The lowest BCUT2D eigenvalue weighted by atomic mass is 10.1. The average Bonchev–Trinajstić information content (AvgIpc) is 2.97. The predicted molar refractivity (Wildman–Crippen MR) is 153 cm³/mol. The number of para-hydroxylation sites is 1. The van der Waals surface area contributed by atoms with Gasteiger partial charge in [0.15, 0.2) is 17.2 Å². The first-order valence-corrected chi connectivity index (χ1v) is 12.7. The Kier molecular flexibility index (Phi) is 7.46. The molecule has 9 nitrogen and oxygen atoms in total. The first-order valence-electron chi connectivity index (χ1n) is 12.7. The monoisotopic (exact) mass is 536 g/mol. The van der Waals surface area contributed by atoms with Gasteiger partial charge in [0, 0.05) is 29.4 Å². The van der Waals surface area contributed by atoms with Crippen molar-refractivity contribution in [1.82, 2.24) is 14.8 Å². The summed E-state index contributed by atoms with van der Waals surface area (Å²) in [5.41, 5.74) is 3.23. The summed E-state index contributed by atoms with van der Waals surface area (Å²) in [6, 6.07) is 21.3.